The number of fused-ring (bicyclic) bond motifs is 5. The van der Waals surface area contributed by atoms with Gasteiger partial charge in [0.15, 0.2) is 0 Å². The number of ether oxygens (including phenoxy) is 1. The molecule has 1 aromatic heterocycles. The van der Waals surface area contributed by atoms with E-state index in [0.29, 0.717) is 11.8 Å². The normalized spacial score (nSPS) is 23.5. The molecular weight excluding hydrogens is 488 g/mol. The number of benzene rings is 3. The summed E-state index contributed by atoms with van der Waals surface area (Å²) >= 11 is 0. The van der Waals surface area contributed by atoms with Crippen molar-refractivity contribution >= 4 is 27.6 Å². The van der Waals surface area contributed by atoms with Gasteiger partial charge in [0, 0.05) is 24.2 Å². The first-order valence-electron chi connectivity index (χ1n) is 13.6. The van der Waals surface area contributed by atoms with Crippen LogP contribution in [0.15, 0.2) is 85.6 Å². The Morgan fingerprint density at radius 3 is 2.62 bits per heavy atom. The molecule has 0 aliphatic carbocycles. The van der Waals surface area contributed by atoms with E-state index < -0.39 is 18.0 Å². The van der Waals surface area contributed by atoms with Crippen molar-refractivity contribution in [1.29, 1.82) is 0 Å². The summed E-state index contributed by atoms with van der Waals surface area (Å²) in [6.07, 6.45) is 5.76. The van der Waals surface area contributed by atoms with Crippen LogP contribution in [0.4, 0.5) is 0 Å². The number of piperidine rings is 3. The molecule has 3 aliphatic rings. The van der Waals surface area contributed by atoms with Gasteiger partial charge in [-0.3, -0.25) is 14.7 Å². The van der Waals surface area contributed by atoms with E-state index in [-0.39, 0.29) is 6.04 Å². The average Bonchev–Trinajstić information content (AvgIpc) is 2.99. The highest BCUT2D eigenvalue weighted by Crippen LogP contribution is 2.42. The van der Waals surface area contributed by atoms with E-state index in [2.05, 4.69) is 28.6 Å². The summed E-state index contributed by atoms with van der Waals surface area (Å²) in [4.78, 5) is 17.8. The number of hydrogen-bond donors (Lipinski definition) is 2. The maximum Gasteiger partial charge on any atom is 0.310 e. The first kappa shape index (κ1) is 26.9. The number of para-hydroxylation sites is 1. The Morgan fingerprint density at radius 2 is 1.90 bits per heavy atom. The predicted octanol–water partition coefficient (Wildman–Crippen LogP) is 6.20. The third-order valence-corrected chi connectivity index (χ3v) is 8.46. The summed E-state index contributed by atoms with van der Waals surface area (Å²) in [6, 6.07) is 21.7. The highest BCUT2D eigenvalue weighted by atomic mass is 16.5. The second-order valence-corrected chi connectivity index (χ2v) is 10.6. The molecule has 4 heterocycles. The standard InChI is InChI=1S/C19H22N2O.C14H14O3/c1-2-13-12-21-10-8-14(13)11-18(21)19(22)16-7-9-20-17-6-4-3-5-15(16)17;1-9(14(15)16)10-3-4-12-8-13(17-2)6-5-11(12)7-10/h2-7,9,13-14,18-19,22H,1,8,10-12H2;3-9H,1-2H3,(H,15,16)/t13-,14-,18-,19+;/m0./s1. The summed E-state index contributed by atoms with van der Waals surface area (Å²) in [6.45, 7) is 7.80. The zero-order valence-electron chi connectivity index (χ0n) is 22.5. The molecule has 3 aromatic carbocycles. The van der Waals surface area contributed by atoms with Gasteiger partial charge in [0.05, 0.1) is 24.6 Å². The molecule has 2 unspecified atom stereocenters. The van der Waals surface area contributed by atoms with Gasteiger partial charge in [-0.1, -0.05) is 48.5 Å². The zero-order chi connectivity index (χ0) is 27.5. The van der Waals surface area contributed by atoms with E-state index in [0.717, 1.165) is 58.1 Å². The van der Waals surface area contributed by atoms with Gasteiger partial charge in [-0.05, 0) is 84.3 Å². The fourth-order valence-electron chi connectivity index (χ4n) is 6.07. The van der Waals surface area contributed by atoms with Crippen LogP contribution in [0.1, 0.15) is 42.9 Å². The van der Waals surface area contributed by atoms with Crippen molar-refractivity contribution in [3.8, 4) is 5.75 Å². The molecule has 4 aromatic rings. The Labute approximate surface area is 229 Å². The summed E-state index contributed by atoms with van der Waals surface area (Å²) in [5.74, 6) is 0.775. The maximum absolute atomic E-state index is 11.0. The van der Waals surface area contributed by atoms with Gasteiger partial charge in [-0.2, -0.15) is 0 Å². The van der Waals surface area contributed by atoms with Gasteiger partial charge in [0.25, 0.3) is 0 Å². The van der Waals surface area contributed by atoms with Crippen LogP contribution in [0.3, 0.4) is 0 Å². The Kier molecular flexibility index (Phi) is 7.96. The largest absolute Gasteiger partial charge is 0.497 e. The van der Waals surface area contributed by atoms with Crippen molar-refractivity contribution < 1.29 is 19.7 Å². The SMILES string of the molecule is C=C[C@H]1CN2CC[C@H]1C[C@H]2[C@H](O)c1ccnc2ccccc12.COc1ccc2cc(C(C)C(=O)O)ccc2c1. The lowest BCUT2D eigenvalue weighted by molar-refractivity contribution is -0.138. The summed E-state index contributed by atoms with van der Waals surface area (Å²) in [5.41, 5.74) is 2.78. The number of aliphatic carboxylic acids is 1. The van der Waals surface area contributed by atoms with Crippen LogP contribution in [0, 0.1) is 11.8 Å². The molecule has 39 heavy (non-hydrogen) atoms. The van der Waals surface area contributed by atoms with E-state index in [1.807, 2.05) is 66.9 Å². The number of aliphatic hydroxyl groups is 1. The molecule has 3 saturated heterocycles. The van der Waals surface area contributed by atoms with Crippen LogP contribution in [-0.2, 0) is 4.79 Å². The monoisotopic (exact) mass is 524 g/mol. The van der Waals surface area contributed by atoms with Crippen LogP contribution in [0.25, 0.3) is 21.7 Å². The highest BCUT2D eigenvalue weighted by molar-refractivity contribution is 5.86. The number of pyridine rings is 1. The first-order valence-corrected chi connectivity index (χ1v) is 13.6. The van der Waals surface area contributed by atoms with Gasteiger partial charge in [-0.25, -0.2) is 0 Å². The second kappa shape index (κ2) is 11.6. The Hall–Kier alpha value is -3.74. The van der Waals surface area contributed by atoms with Crippen LogP contribution in [0.2, 0.25) is 0 Å². The molecule has 0 radical (unpaired) electrons. The van der Waals surface area contributed by atoms with Gasteiger partial charge >= 0.3 is 5.97 Å². The number of aromatic nitrogens is 1. The van der Waals surface area contributed by atoms with E-state index >= 15 is 0 Å². The number of nitrogens with zero attached hydrogens (tertiary/aromatic N) is 2. The van der Waals surface area contributed by atoms with Crippen LogP contribution in [-0.4, -0.2) is 52.3 Å². The summed E-state index contributed by atoms with van der Waals surface area (Å²) in [7, 11) is 1.63. The number of carboxylic acids is 1. The molecule has 3 fully saturated rings. The van der Waals surface area contributed by atoms with Crippen molar-refractivity contribution in [1.82, 2.24) is 9.88 Å². The minimum Gasteiger partial charge on any atom is -0.497 e. The smallest absolute Gasteiger partial charge is 0.310 e. The van der Waals surface area contributed by atoms with Crippen LogP contribution >= 0.6 is 0 Å². The molecule has 6 atom stereocenters. The topological polar surface area (TPSA) is 82.9 Å². The van der Waals surface area contributed by atoms with Gasteiger partial charge in [0.2, 0.25) is 0 Å². The minimum absolute atomic E-state index is 0.223. The van der Waals surface area contributed by atoms with Crippen LogP contribution < -0.4 is 4.74 Å². The van der Waals surface area contributed by atoms with Crippen molar-refractivity contribution in [3.63, 3.8) is 0 Å². The van der Waals surface area contributed by atoms with Crippen molar-refractivity contribution in [2.75, 3.05) is 20.2 Å². The molecule has 0 saturated carbocycles. The minimum atomic E-state index is -0.808. The number of aliphatic hydroxyl groups excluding tert-OH is 1. The molecule has 6 heteroatoms. The van der Waals surface area contributed by atoms with Gasteiger partial charge in [0.1, 0.15) is 5.75 Å². The van der Waals surface area contributed by atoms with Gasteiger partial charge < -0.3 is 14.9 Å². The first-order chi connectivity index (χ1) is 18.9. The third-order valence-electron chi connectivity index (χ3n) is 8.46. The Bertz CT molecular complexity index is 1480. The van der Waals surface area contributed by atoms with Crippen molar-refractivity contribution in [2.45, 2.75) is 37.8 Å². The van der Waals surface area contributed by atoms with Crippen molar-refractivity contribution in [3.05, 3.63) is 96.7 Å². The number of carbonyl (C=O) groups is 1. The molecule has 2 N–H and O–H groups in total. The fourth-order valence-corrected chi connectivity index (χ4v) is 6.07. The van der Waals surface area contributed by atoms with E-state index in [4.69, 9.17) is 9.84 Å². The molecule has 6 nitrogen and oxygen atoms in total. The van der Waals surface area contributed by atoms with E-state index in [1.165, 1.54) is 6.42 Å². The Morgan fingerprint density at radius 1 is 1.13 bits per heavy atom. The lowest BCUT2D eigenvalue weighted by atomic mass is 9.73. The molecule has 0 amide bonds. The number of methoxy groups -OCH3 is 1. The Balaban J connectivity index is 0.000000164. The number of rotatable bonds is 6. The van der Waals surface area contributed by atoms with Crippen LogP contribution in [0.5, 0.6) is 5.75 Å². The second-order valence-electron chi connectivity index (χ2n) is 10.6. The number of carboxylic acid groups (broad SMARTS) is 1. The predicted molar refractivity (Wildman–Crippen MR) is 155 cm³/mol. The molecular formula is C33H36N2O4. The number of hydrogen-bond acceptors (Lipinski definition) is 5. The molecule has 2 bridgehead atoms. The van der Waals surface area contributed by atoms with Crippen molar-refractivity contribution in [2.24, 2.45) is 11.8 Å². The summed E-state index contributed by atoms with van der Waals surface area (Å²) in [5, 5.41) is 23.1. The lowest BCUT2D eigenvalue weighted by Crippen LogP contribution is -2.54. The fraction of sp³-hybridized carbons (Fsp3) is 0.333. The van der Waals surface area contributed by atoms with Gasteiger partial charge in [-0.15, -0.1) is 6.58 Å². The molecule has 202 valence electrons. The molecule has 7 rings (SSSR count). The highest BCUT2D eigenvalue weighted by Gasteiger charge is 2.42. The average molecular weight is 525 g/mol. The quantitative estimate of drug-likeness (QED) is 0.292. The zero-order valence-corrected chi connectivity index (χ0v) is 22.5. The lowest BCUT2D eigenvalue weighted by Gasteiger charge is -2.50. The van der Waals surface area contributed by atoms with E-state index in [1.54, 1.807) is 14.0 Å². The third kappa shape index (κ3) is 5.54. The summed E-state index contributed by atoms with van der Waals surface area (Å²) < 4.78 is 5.14. The maximum atomic E-state index is 11.0. The molecule has 0 spiro atoms. The molecule has 3 aliphatic heterocycles. The van der Waals surface area contributed by atoms with E-state index in [9.17, 15) is 9.90 Å².